The Labute approximate surface area is 108 Å². The van der Waals surface area contributed by atoms with Gasteiger partial charge in [-0.05, 0) is 44.6 Å². The van der Waals surface area contributed by atoms with Gasteiger partial charge in [0.25, 0.3) is 0 Å². The topological polar surface area (TPSA) is 76.8 Å². The van der Waals surface area contributed by atoms with Gasteiger partial charge in [-0.3, -0.25) is 0 Å². The molecule has 80 valence electrons. The molecule has 0 aliphatic carbocycles. The molecule has 0 aromatic heterocycles. The van der Waals surface area contributed by atoms with Gasteiger partial charge < -0.3 is 11.5 Å². The highest BCUT2D eigenvalue weighted by atomic mass is 127. The minimum absolute atomic E-state index is 0.145. The van der Waals surface area contributed by atoms with Crippen LogP contribution >= 0.6 is 38.5 Å². The third-order valence-electron chi connectivity index (χ3n) is 1.44. The number of guanidine groups is 1. The summed E-state index contributed by atoms with van der Waals surface area (Å²) in [4.78, 5) is 0. The van der Waals surface area contributed by atoms with Crippen molar-refractivity contribution < 1.29 is 4.39 Å². The van der Waals surface area contributed by atoms with Crippen LogP contribution in [0.1, 0.15) is 5.56 Å². The summed E-state index contributed by atoms with van der Waals surface area (Å²) >= 11 is 5.01. The predicted molar refractivity (Wildman–Crippen MR) is 70.2 cm³/mol. The SMILES string of the molecule is NC(N)=NN=Cc1ccc(I)c(F)c1Br. The Bertz CT molecular complexity index is 429. The maximum absolute atomic E-state index is 13.4. The molecule has 0 saturated heterocycles. The highest BCUT2D eigenvalue weighted by molar-refractivity contribution is 14.1. The second-order valence-electron chi connectivity index (χ2n) is 2.53. The molecule has 0 bridgehead atoms. The smallest absolute Gasteiger partial charge is 0.211 e. The third-order valence-corrected chi connectivity index (χ3v) is 3.07. The molecule has 15 heavy (non-hydrogen) atoms. The number of nitrogens with zero attached hydrogens (tertiary/aromatic N) is 2. The van der Waals surface area contributed by atoms with E-state index in [1.54, 1.807) is 12.1 Å². The molecule has 0 aliphatic rings. The Morgan fingerprint density at radius 2 is 2.13 bits per heavy atom. The highest BCUT2D eigenvalue weighted by Gasteiger charge is 2.07. The van der Waals surface area contributed by atoms with E-state index in [9.17, 15) is 4.39 Å². The van der Waals surface area contributed by atoms with Crippen LogP contribution in [0, 0.1) is 9.39 Å². The van der Waals surface area contributed by atoms with E-state index in [2.05, 4.69) is 26.1 Å². The average molecular weight is 385 g/mol. The first-order valence-corrected chi connectivity index (χ1v) is 5.65. The van der Waals surface area contributed by atoms with Crippen molar-refractivity contribution in [3.63, 3.8) is 0 Å². The molecule has 4 N–H and O–H groups in total. The van der Waals surface area contributed by atoms with Crippen LogP contribution in [0.4, 0.5) is 4.39 Å². The molecule has 0 aliphatic heterocycles. The summed E-state index contributed by atoms with van der Waals surface area (Å²) in [6, 6.07) is 3.35. The molecule has 4 nitrogen and oxygen atoms in total. The molecule has 0 spiro atoms. The van der Waals surface area contributed by atoms with Crippen molar-refractivity contribution in [2.24, 2.45) is 21.7 Å². The van der Waals surface area contributed by atoms with Crippen LogP contribution < -0.4 is 11.5 Å². The Morgan fingerprint density at radius 1 is 1.47 bits per heavy atom. The Kier molecular flexibility index (Phi) is 4.45. The number of halogens is 3. The Morgan fingerprint density at radius 3 is 2.73 bits per heavy atom. The normalized spacial score (nSPS) is 10.6. The van der Waals surface area contributed by atoms with Gasteiger partial charge in [-0.1, -0.05) is 6.07 Å². The van der Waals surface area contributed by atoms with E-state index in [1.165, 1.54) is 6.21 Å². The van der Waals surface area contributed by atoms with Gasteiger partial charge in [0.05, 0.1) is 10.7 Å². The second-order valence-corrected chi connectivity index (χ2v) is 4.49. The summed E-state index contributed by atoms with van der Waals surface area (Å²) in [5.41, 5.74) is 10.7. The fraction of sp³-hybridized carbons (Fsp3) is 0. The van der Waals surface area contributed by atoms with E-state index in [0.29, 0.717) is 13.6 Å². The lowest BCUT2D eigenvalue weighted by molar-refractivity contribution is 0.613. The Hall–Kier alpha value is -0.700. The predicted octanol–water partition coefficient (Wildman–Crippen LogP) is 1.80. The molecule has 0 heterocycles. The van der Waals surface area contributed by atoms with E-state index in [1.807, 2.05) is 22.6 Å². The number of hydrogen-bond donors (Lipinski definition) is 2. The molecular formula is C8H7BrFIN4. The summed E-state index contributed by atoms with van der Waals surface area (Å²) in [7, 11) is 0. The van der Waals surface area contributed by atoms with Gasteiger partial charge in [0.2, 0.25) is 5.96 Å². The second kappa shape index (κ2) is 5.40. The highest BCUT2D eigenvalue weighted by Crippen LogP contribution is 2.23. The van der Waals surface area contributed by atoms with E-state index in [0.717, 1.165) is 0 Å². The Balaban J connectivity index is 3.02. The molecule has 0 amide bonds. The quantitative estimate of drug-likeness (QED) is 0.268. The van der Waals surface area contributed by atoms with E-state index >= 15 is 0 Å². The first kappa shape index (κ1) is 12.4. The molecule has 0 atom stereocenters. The number of rotatable bonds is 2. The molecule has 0 unspecified atom stereocenters. The van der Waals surface area contributed by atoms with Crippen LogP contribution in [0.25, 0.3) is 0 Å². The fourth-order valence-electron chi connectivity index (χ4n) is 0.798. The zero-order valence-corrected chi connectivity index (χ0v) is 11.2. The number of benzene rings is 1. The number of hydrogen-bond acceptors (Lipinski definition) is 2. The summed E-state index contributed by atoms with van der Waals surface area (Å²) in [5.74, 6) is -0.474. The van der Waals surface area contributed by atoms with Crippen LogP contribution in [-0.4, -0.2) is 12.2 Å². The lowest BCUT2D eigenvalue weighted by atomic mass is 10.2. The van der Waals surface area contributed by atoms with Gasteiger partial charge in [-0.2, -0.15) is 5.10 Å². The summed E-state index contributed by atoms with van der Waals surface area (Å²) in [6.07, 6.45) is 1.36. The van der Waals surface area contributed by atoms with Gasteiger partial charge in [0, 0.05) is 9.13 Å². The maximum atomic E-state index is 13.4. The lowest BCUT2D eigenvalue weighted by Crippen LogP contribution is -2.21. The minimum Gasteiger partial charge on any atom is -0.369 e. The molecule has 0 fully saturated rings. The minimum atomic E-state index is -0.329. The molecule has 0 radical (unpaired) electrons. The maximum Gasteiger partial charge on any atom is 0.211 e. The molecular weight excluding hydrogens is 378 g/mol. The average Bonchev–Trinajstić information content (AvgIpc) is 2.18. The van der Waals surface area contributed by atoms with Crippen molar-refractivity contribution in [1.29, 1.82) is 0 Å². The zero-order chi connectivity index (χ0) is 11.4. The van der Waals surface area contributed by atoms with Gasteiger partial charge in [-0.15, -0.1) is 5.10 Å². The van der Waals surface area contributed by atoms with Gasteiger partial charge in [0.1, 0.15) is 0 Å². The van der Waals surface area contributed by atoms with Gasteiger partial charge in [0.15, 0.2) is 5.82 Å². The van der Waals surface area contributed by atoms with E-state index in [-0.39, 0.29) is 11.8 Å². The molecule has 1 aromatic rings. The van der Waals surface area contributed by atoms with Gasteiger partial charge >= 0.3 is 0 Å². The monoisotopic (exact) mass is 384 g/mol. The van der Waals surface area contributed by atoms with Crippen molar-refractivity contribution in [1.82, 2.24) is 0 Å². The summed E-state index contributed by atoms with van der Waals surface area (Å²) in [6.45, 7) is 0. The van der Waals surface area contributed by atoms with Crippen LogP contribution in [0.3, 0.4) is 0 Å². The fourth-order valence-corrected chi connectivity index (χ4v) is 2.07. The van der Waals surface area contributed by atoms with Crippen molar-refractivity contribution in [2.45, 2.75) is 0 Å². The third kappa shape index (κ3) is 3.42. The molecule has 1 aromatic carbocycles. The lowest BCUT2D eigenvalue weighted by Gasteiger charge is -2.00. The molecule has 7 heteroatoms. The molecule has 1 rings (SSSR count). The van der Waals surface area contributed by atoms with Crippen molar-refractivity contribution in [2.75, 3.05) is 0 Å². The summed E-state index contributed by atoms with van der Waals surface area (Å²) < 4.78 is 14.2. The zero-order valence-electron chi connectivity index (χ0n) is 7.42. The first-order chi connectivity index (χ1) is 7.02. The van der Waals surface area contributed by atoms with Crippen LogP contribution in [0.2, 0.25) is 0 Å². The number of nitrogens with two attached hydrogens (primary N) is 2. The summed E-state index contributed by atoms with van der Waals surface area (Å²) in [5, 5.41) is 7.00. The molecule has 0 saturated carbocycles. The van der Waals surface area contributed by atoms with E-state index in [4.69, 9.17) is 11.5 Å². The van der Waals surface area contributed by atoms with E-state index < -0.39 is 0 Å². The van der Waals surface area contributed by atoms with Crippen molar-refractivity contribution in [3.8, 4) is 0 Å². The van der Waals surface area contributed by atoms with Gasteiger partial charge in [-0.25, -0.2) is 4.39 Å². The van der Waals surface area contributed by atoms with Crippen molar-refractivity contribution >= 4 is 50.7 Å². The van der Waals surface area contributed by atoms with Crippen LogP contribution in [-0.2, 0) is 0 Å². The first-order valence-electron chi connectivity index (χ1n) is 3.78. The largest absolute Gasteiger partial charge is 0.369 e. The van der Waals surface area contributed by atoms with Crippen molar-refractivity contribution in [3.05, 3.63) is 31.6 Å². The standard InChI is InChI=1S/C8H7BrFIN4/c9-6-4(3-14-15-8(12)13)1-2-5(11)7(6)10/h1-3H,(H4,12,13,15). The van der Waals surface area contributed by atoms with Crippen LogP contribution in [0.15, 0.2) is 26.8 Å². The van der Waals surface area contributed by atoms with Crippen LogP contribution in [0.5, 0.6) is 0 Å².